The molecule has 1 saturated carbocycles. The van der Waals surface area contributed by atoms with Crippen molar-refractivity contribution >= 4 is 27.5 Å². The third-order valence-corrected chi connectivity index (χ3v) is 3.67. The lowest BCUT2D eigenvalue weighted by atomic mass is 10.2. The van der Waals surface area contributed by atoms with Crippen molar-refractivity contribution < 1.29 is 4.79 Å². The summed E-state index contributed by atoms with van der Waals surface area (Å²) in [5.41, 5.74) is 5.86. The Labute approximate surface area is 113 Å². The highest BCUT2D eigenvalue weighted by Gasteiger charge is 2.17. The largest absolute Gasteiger partial charge is 0.398 e. The van der Waals surface area contributed by atoms with Gasteiger partial charge >= 0.3 is 0 Å². The summed E-state index contributed by atoms with van der Waals surface area (Å²) in [5.74, 6) is -0.137. The van der Waals surface area contributed by atoms with E-state index in [4.69, 9.17) is 5.73 Å². The number of aromatic nitrogens is 1. The Morgan fingerprint density at radius 2 is 2.17 bits per heavy atom. The molecule has 1 heterocycles. The van der Waals surface area contributed by atoms with E-state index in [1.165, 1.54) is 16.8 Å². The first-order valence-electron chi connectivity index (χ1n) is 6.01. The van der Waals surface area contributed by atoms with Gasteiger partial charge in [0.1, 0.15) is 6.54 Å². The summed E-state index contributed by atoms with van der Waals surface area (Å²) in [7, 11) is 0. The topological polar surface area (TPSA) is 77.1 Å². The predicted molar refractivity (Wildman–Crippen MR) is 73.2 cm³/mol. The lowest BCUT2D eigenvalue weighted by Crippen LogP contribution is -2.37. The number of anilines is 1. The van der Waals surface area contributed by atoms with Crippen molar-refractivity contribution in [2.45, 2.75) is 38.3 Å². The van der Waals surface area contributed by atoms with Gasteiger partial charge in [0.15, 0.2) is 0 Å². The van der Waals surface area contributed by atoms with Crippen LogP contribution >= 0.6 is 15.9 Å². The lowest BCUT2D eigenvalue weighted by Gasteiger charge is -2.13. The number of nitrogens with two attached hydrogens (primary N) is 1. The average molecular weight is 314 g/mol. The van der Waals surface area contributed by atoms with E-state index in [1.807, 2.05) is 0 Å². The molecule has 0 aromatic carbocycles. The normalized spacial score (nSPS) is 15.8. The van der Waals surface area contributed by atoms with Gasteiger partial charge in [0.2, 0.25) is 5.91 Å². The molecule has 0 spiro atoms. The number of amides is 1. The van der Waals surface area contributed by atoms with E-state index < -0.39 is 0 Å². The van der Waals surface area contributed by atoms with Gasteiger partial charge in [0, 0.05) is 17.9 Å². The zero-order valence-corrected chi connectivity index (χ0v) is 11.6. The van der Waals surface area contributed by atoms with Gasteiger partial charge in [-0.3, -0.25) is 9.59 Å². The molecular weight excluding hydrogens is 298 g/mol. The molecule has 0 bridgehead atoms. The van der Waals surface area contributed by atoms with Crippen molar-refractivity contribution in [3.63, 3.8) is 0 Å². The number of carbonyl (C=O) groups excluding carboxylic acids is 1. The van der Waals surface area contributed by atoms with Crippen LogP contribution in [0.25, 0.3) is 0 Å². The Kier molecular flexibility index (Phi) is 4.06. The van der Waals surface area contributed by atoms with Gasteiger partial charge in [0.25, 0.3) is 5.56 Å². The van der Waals surface area contributed by atoms with Crippen molar-refractivity contribution in [3.05, 3.63) is 27.1 Å². The van der Waals surface area contributed by atoms with Crippen molar-refractivity contribution in [1.29, 1.82) is 0 Å². The minimum atomic E-state index is -0.245. The summed E-state index contributed by atoms with van der Waals surface area (Å²) in [6.45, 7) is 0.0129. The molecule has 0 unspecified atom stereocenters. The van der Waals surface area contributed by atoms with Gasteiger partial charge in [-0.2, -0.15) is 0 Å². The fourth-order valence-corrected chi connectivity index (χ4v) is 2.73. The minimum Gasteiger partial charge on any atom is -0.398 e. The summed E-state index contributed by atoms with van der Waals surface area (Å²) in [5, 5.41) is 2.94. The number of pyridine rings is 1. The van der Waals surface area contributed by atoms with Gasteiger partial charge in [-0.25, -0.2) is 0 Å². The molecule has 3 N–H and O–H groups in total. The van der Waals surface area contributed by atoms with Crippen LogP contribution < -0.4 is 16.6 Å². The van der Waals surface area contributed by atoms with Crippen LogP contribution in [0.1, 0.15) is 25.7 Å². The Hall–Kier alpha value is -1.30. The van der Waals surface area contributed by atoms with Crippen LogP contribution in [0.15, 0.2) is 21.5 Å². The van der Waals surface area contributed by atoms with Crippen LogP contribution in [0.5, 0.6) is 0 Å². The highest BCUT2D eigenvalue weighted by atomic mass is 79.9. The van der Waals surface area contributed by atoms with E-state index in [2.05, 4.69) is 21.2 Å². The molecule has 1 amide bonds. The van der Waals surface area contributed by atoms with Gasteiger partial charge < -0.3 is 15.6 Å². The monoisotopic (exact) mass is 313 g/mol. The number of nitrogens with zero attached hydrogens (tertiary/aromatic N) is 1. The van der Waals surface area contributed by atoms with Crippen LogP contribution in [0.4, 0.5) is 5.69 Å². The number of nitrogen functional groups attached to an aromatic ring is 1. The van der Waals surface area contributed by atoms with Crippen molar-refractivity contribution in [2.75, 3.05) is 5.73 Å². The van der Waals surface area contributed by atoms with E-state index in [1.54, 1.807) is 0 Å². The van der Waals surface area contributed by atoms with Crippen LogP contribution in [-0.2, 0) is 11.3 Å². The zero-order valence-electron chi connectivity index (χ0n) is 9.99. The minimum absolute atomic E-state index is 0.0129. The van der Waals surface area contributed by atoms with Gasteiger partial charge in [-0.15, -0.1) is 0 Å². The molecule has 0 atom stereocenters. The summed E-state index contributed by atoms with van der Waals surface area (Å²) in [6.07, 6.45) is 5.87. The van der Waals surface area contributed by atoms with Crippen molar-refractivity contribution in [3.8, 4) is 0 Å². The fraction of sp³-hybridized carbons (Fsp3) is 0.500. The molecule has 0 saturated heterocycles. The number of halogens is 1. The van der Waals surface area contributed by atoms with Crippen LogP contribution in [0, 0.1) is 0 Å². The zero-order chi connectivity index (χ0) is 13.1. The first-order valence-corrected chi connectivity index (χ1v) is 6.80. The van der Waals surface area contributed by atoms with E-state index in [0.29, 0.717) is 10.2 Å². The first-order chi connectivity index (χ1) is 8.56. The molecule has 1 aliphatic rings. The molecule has 98 valence electrons. The molecule has 18 heavy (non-hydrogen) atoms. The maximum atomic E-state index is 11.8. The summed E-state index contributed by atoms with van der Waals surface area (Å²) in [6, 6.07) is 1.80. The summed E-state index contributed by atoms with van der Waals surface area (Å²) >= 11 is 3.13. The number of rotatable bonds is 3. The van der Waals surface area contributed by atoms with Gasteiger partial charge in [-0.05, 0) is 34.8 Å². The SMILES string of the molecule is Nc1cc(Br)c(=O)n(CC(=O)NC2CCCC2)c1. The Balaban J connectivity index is 2.04. The molecule has 6 heteroatoms. The van der Waals surface area contributed by atoms with E-state index in [0.717, 1.165) is 25.7 Å². The second kappa shape index (κ2) is 5.56. The third kappa shape index (κ3) is 3.13. The Bertz CT molecular complexity index is 507. The fourth-order valence-electron chi connectivity index (χ4n) is 2.24. The molecule has 1 aromatic rings. The molecule has 1 aromatic heterocycles. The molecule has 5 nitrogen and oxygen atoms in total. The quantitative estimate of drug-likeness (QED) is 0.881. The Morgan fingerprint density at radius 3 is 2.83 bits per heavy atom. The lowest BCUT2D eigenvalue weighted by molar-refractivity contribution is -0.122. The number of nitrogens with one attached hydrogen (secondary N) is 1. The number of hydrogen-bond acceptors (Lipinski definition) is 3. The molecule has 2 rings (SSSR count). The molecule has 0 radical (unpaired) electrons. The summed E-state index contributed by atoms with van der Waals surface area (Å²) < 4.78 is 1.69. The first kappa shape index (κ1) is 13.1. The van der Waals surface area contributed by atoms with Crippen LogP contribution in [0.2, 0.25) is 0 Å². The van der Waals surface area contributed by atoms with Crippen LogP contribution in [0.3, 0.4) is 0 Å². The highest BCUT2D eigenvalue weighted by Crippen LogP contribution is 2.17. The van der Waals surface area contributed by atoms with Crippen molar-refractivity contribution in [2.24, 2.45) is 0 Å². The molecule has 1 fully saturated rings. The maximum Gasteiger partial charge on any atom is 0.265 e. The number of carbonyl (C=O) groups is 1. The highest BCUT2D eigenvalue weighted by molar-refractivity contribution is 9.10. The van der Waals surface area contributed by atoms with E-state index in [9.17, 15) is 9.59 Å². The summed E-state index contributed by atoms with van der Waals surface area (Å²) in [4.78, 5) is 23.6. The second-order valence-corrected chi connectivity index (χ2v) is 5.46. The molecular formula is C12H16BrN3O2. The van der Waals surface area contributed by atoms with E-state index >= 15 is 0 Å². The maximum absolute atomic E-state index is 11.8. The molecule has 1 aliphatic carbocycles. The molecule has 0 aliphatic heterocycles. The standard InChI is InChI=1S/C12H16BrN3O2/c13-10-5-8(14)6-16(12(10)18)7-11(17)15-9-3-1-2-4-9/h5-6,9H,1-4,7,14H2,(H,15,17). The second-order valence-electron chi connectivity index (χ2n) is 4.60. The predicted octanol–water partition coefficient (Wildman–Crippen LogP) is 1.25. The third-order valence-electron chi connectivity index (χ3n) is 3.10. The number of hydrogen-bond donors (Lipinski definition) is 2. The smallest absolute Gasteiger partial charge is 0.265 e. The van der Waals surface area contributed by atoms with E-state index in [-0.39, 0.29) is 24.1 Å². The van der Waals surface area contributed by atoms with Crippen LogP contribution in [-0.4, -0.2) is 16.5 Å². The Morgan fingerprint density at radius 1 is 1.50 bits per heavy atom. The average Bonchev–Trinajstić information content (AvgIpc) is 2.77. The van der Waals surface area contributed by atoms with Gasteiger partial charge in [0.05, 0.1) is 4.47 Å². The van der Waals surface area contributed by atoms with Crippen molar-refractivity contribution in [1.82, 2.24) is 9.88 Å². The van der Waals surface area contributed by atoms with Gasteiger partial charge in [-0.1, -0.05) is 12.8 Å².